The molecule has 0 aliphatic heterocycles. The molecule has 0 aliphatic carbocycles. The molecule has 0 saturated heterocycles. The fraction of sp³-hybridized carbons (Fsp3) is 0.444. The van der Waals surface area contributed by atoms with E-state index in [-0.39, 0.29) is 12.4 Å². The van der Waals surface area contributed by atoms with Crippen molar-refractivity contribution in [2.45, 2.75) is 13.3 Å². The lowest BCUT2D eigenvalue weighted by molar-refractivity contribution is 0.362. The molecule has 0 spiro atoms. The Kier molecular flexibility index (Phi) is 3.24. The minimum Gasteiger partial charge on any atom is -0.493 e. The topological polar surface area (TPSA) is 68.0 Å². The summed E-state index contributed by atoms with van der Waals surface area (Å²) in [7, 11) is 3.01. The number of rotatable bonds is 3. The van der Waals surface area contributed by atoms with E-state index in [0.29, 0.717) is 17.1 Å². The highest BCUT2D eigenvalue weighted by molar-refractivity contribution is 5.35. The van der Waals surface area contributed by atoms with E-state index >= 15 is 0 Å². The zero-order valence-corrected chi connectivity index (χ0v) is 8.37. The van der Waals surface area contributed by atoms with Gasteiger partial charge >= 0.3 is 6.01 Å². The van der Waals surface area contributed by atoms with Gasteiger partial charge in [-0.1, -0.05) is 0 Å². The van der Waals surface area contributed by atoms with Gasteiger partial charge in [0.25, 0.3) is 0 Å². The lowest BCUT2D eigenvalue weighted by Crippen LogP contribution is -2.03. The number of nitriles is 1. The van der Waals surface area contributed by atoms with Gasteiger partial charge in [-0.2, -0.15) is 15.2 Å². The van der Waals surface area contributed by atoms with E-state index in [1.54, 1.807) is 6.92 Å². The van der Waals surface area contributed by atoms with Crippen LogP contribution < -0.4 is 9.47 Å². The smallest absolute Gasteiger partial charge is 0.316 e. The van der Waals surface area contributed by atoms with Gasteiger partial charge in [0.2, 0.25) is 0 Å². The molecule has 0 bridgehead atoms. The first kappa shape index (κ1) is 10.3. The van der Waals surface area contributed by atoms with Crippen LogP contribution in [0.4, 0.5) is 0 Å². The van der Waals surface area contributed by atoms with Gasteiger partial charge in [0.05, 0.1) is 32.4 Å². The summed E-state index contributed by atoms with van der Waals surface area (Å²) in [5.41, 5.74) is 1.23. The van der Waals surface area contributed by atoms with Gasteiger partial charge in [0, 0.05) is 0 Å². The molecule has 0 saturated carbocycles. The zero-order chi connectivity index (χ0) is 10.6. The van der Waals surface area contributed by atoms with Gasteiger partial charge < -0.3 is 9.47 Å². The van der Waals surface area contributed by atoms with Crippen molar-refractivity contribution in [1.82, 2.24) is 9.97 Å². The highest BCUT2D eigenvalue weighted by Crippen LogP contribution is 2.22. The predicted octanol–water partition coefficient (Wildman–Crippen LogP) is 0.868. The van der Waals surface area contributed by atoms with E-state index in [1.807, 2.05) is 6.07 Å². The van der Waals surface area contributed by atoms with Crippen LogP contribution in [0.15, 0.2) is 0 Å². The van der Waals surface area contributed by atoms with Crippen molar-refractivity contribution in [2.75, 3.05) is 14.2 Å². The first-order valence-corrected chi connectivity index (χ1v) is 4.05. The molecule has 0 amide bonds. The third kappa shape index (κ3) is 1.91. The Balaban J connectivity index is 3.22. The fourth-order valence-corrected chi connectivity index (χ4v) is 1.15. The molecule has 74 valence electrons. The molecule has 0 atom stereocenters. The van der Waals surface area contributed by atoms with Crippen LogP contribution in [0.1, 0.15) is 11.4 Å². The van der Waals surface area contributed by atoms with E-state index in [4.69, 9.17) is 14.7 Å². The number of methoxy groups -OCH3 is 2. The Hall–Kier alpha value is -1.83. The second kappa shape index (κ2) is 4.42. The molecule has 0 N–H and O–H groups in total. The van der Waals surface area contributed by atoms with E-state index in [0.717, 1.165) is 0 Å². The van der Waals surface area contributed by atoms with Gasteiger partial charge in [0.15, 0.2) is 5.75 Å². The van der Waals surface area contributed by atoms with Crippen molar-refractivity contribution in [3.63, 3.8) is 0 Å². The van der Waals surface area contributed by atoms with E-state index in [2.05, 4.69) is 9.97 Å². The summed E-state index contributed by atoms with van der Waals surface area (Å²) >= 11 is 0. The first-order chi connectivity index (χ1) is 6.72. The number of hydrogen-bond donors (Lipinski definition) is 0. The van der Waals surface area contributed by atoms with Crippen LogP contribution in [0.25, 0.3) is 0 Å². The minimum absolute atomic E-state index is 0.183. The van der Waals surface area contributed by atoms with Crippen LogP contribution in [-0.2, 0) is 6.42 Å². The van der Waals surface area contributed by atoms with Crippen molar-refractivity contribution >= 4 is 0 Å². The number of aryl methyl sites for hydroxylation is 1. The normalized spacial score (nSPS) is 9.29. The summed E-state index contributed by atoms with van der Waals surface area (Å²) in [5.74, 6) is 0.548. The highest BCUT2D eigenvalue weighted by atomic mass is 16.5. The van der Waals surface area contributed by atoms with Gasteiger partial charge in [-0.3, -0.25) is 0 Å². The van der Waals surface area contributed by atoms with Crippen LogP contribution in [0.3, 0.4) is 0 Å². The van der Waals surface area contributed by atoms with Crippen LogP contribution >= 0.6 is 0 Å². The number of aromatic nitrogens is 2. The molecule has 5 heteroatoms. The summed E-state index contributed by atoms with van der Waals surface area (Å²) in [4.78, 5) is 8.07. The Morgan fingerprint density at radius 3 is 2.50 bits per heavy atom. The largest absolute Gasteiger partial charge is 0.493 e. The number of hydrogen-bond acceptors (Lipinski definition) is 5. The van der Waals surface area contributed by atoms with Gasteiger partial charge in [0.1, 0.15) is 5.69 Å². The second-order valence-corrected chi connectivity index (χ2v) is 2.61. The fourth-order valence-electron chi connectivity index (χ4n) is 1.15. The van der Waals surface area contributed by atoms with Crippen molar-refractivity contribution in [1.29, 1.82) is 5.26 Å². The summed E-state index contributed by atoms with van der Waals surface area (Å²) in [6, 6.07) is 2.27. The number of ether oxygens (including phenoxy) is 2. The SMILES string of the molecule is COc1nc(C)c(OC)c(CC#N)n1. The average Bonchev–Trinajstić information content (AvgIpc) is 2.18. The van der Waals surface area contributed by atoms with Gasteiger partial charge in [-0.15, -0.1) is 0 Å². The quantitative estimate of drug-likeness (QED) is 0.712. The summed E-state index contributed by atoms with van der Waals surface area (Å²) in [5, 5.41) is 8.59. The molecule has 0 radical (unpaired) electrons. The monoisotopic (exact) mass is 193 g/mol. The van der Waals surface area contributed by atoms with Crippen molar-refractivity contribution < 1.29 is 9.47 Å². The van der Waals surface area contributed by atoms with Crippen LogP contribution in [0, 0.1) is 18.3 Å². The molecule has 0 fully saturated rings. The maximum Gasteiger partial charge on any atom is 0.316 e. The molecule has 1 heterocycles. The maximum absolute atomic E-state index is 8.59. The Morgan fingerprint density at radius 1 is 1.29 bits per heavy atom. The average molecular weight is 193 g/mol. The van der Waals surface area contributed by atoms with Crippen molar-refractivity contribution in [2.24, 2.45) is 0 Å². The summed E-state index contributed by atoms with van der Waals surface area (Å²) in [6.07, 6.45) is 0.183. The van der Waals surface area contributed by atoms with Crippen LogP contribution in [-0.4, -0.2) is 24.2 Å². The van der Waals surface area contributed by atoms with Crippen LogP contribution in [0.5, 0.6) is 11.8 Å². The first-order valence-electron chi connectivity index (χ1n) is 4.05. The Labute approximate surface area is 82.3 Å². The van der Waals surface area contributed by atoms with Crippen molar-refractivity contribution in [3.05, 3.63) is 11.4 Å². The molecular formula is C9H11N3O2. The minimum atomic E-state index is 0.183. The van der Waals surface area contributed by atoms with E-state index < -0.39 is 0 Å². The van der Waals surface area contributed by atoms with Crippen molar-refractivity contribution in [3.8, 4) is 17.8 Å². The van der Waals surface area contributed by atoms with Gasteiger partial charge in [-0.25, -0.2) is 0 Å². The lowest BCUT2D eigenvalue weighted by Gasteiger charge is -2.08. The maximum atomic E-state index is 8.59. The highest BCUT2D eigenvalue weighted by Gasteiger charge is 2.11. The summed E-state index contributed by atoms with van der Waals surface area (Å²) < 4.78 is 9.99. The van der Waals surface area contributed by atoms with E-state index in [9.17, 15) is 0 Å². The third-order valence-corrected chi connectivity index (χ3v) is 1.72. The van der Waals surface area contributed by atoms with Crippen LogP contribution in [0.2, 0.25) is 0 Å². The third-order valence-electron chi connectivity index (χ3n) is 1.72. The zero-order valence-electron chi connectivity index (χ0n) is 8.37. The molecule has 5 nitrogen and oxygen atoms in total. The lowest BCUT2D eigenvalue weighted by atomic mass is 10.2. The molecule has 1 aromatic heterocycles. The molecule has 0 aliphatic rings. The molecule has 0 unspecified atom stereocenters. The summed E-state index contributed by atoms with van der Waals surface area (Å²) in [6.45, 7) is 1.78. The standard InChI is InChI=1S/C9H11N3O2/c1-6-8(13-2)7(4-5-10)12-9(11-6)14-3/h4H2,1-3H3. The number of nitrogens with zero attached hydrogens (tertiary/aromatic N) is 3. The van der Waals surface area contributed by atoms with E-state index in [1.165, 1.54) is 14.2 Å². The Bertz CT molecular complexity index is 371. The molecular weight excluding hydrogens is 182 g/mol. The second-order valence-electron chi connectivity index (χ2n) is 2.61. The Morgan fingerprint density at radius 2 is 2.00 bits per heavy atom. The molecule has 1 aromatic rings. The van der Waals surface area contributed by atoms with Gasteiger partial charge in [-0.05, 0) is 6.92 Å². The molecule has 0 aromatic carbocycles. The predicted molar refractivity (Wildman–Crippen MR) is 49.2 cm³/mol. The molecule has 14 heavy (non-hydrogen) atoms. The molecule has 1 rings (SSSR count).